The molecule has 1 aliphatic rings. The summed E-state index contributed by atoms with van der Waals surface area (Å²) in [6, 6.07) is 9.98. The number of amides is 1. The van der Waals surface area contributed by atoms with Crippen LogP contribution < -0.4 is 10.1 Å². The molecule has 0 spiro atoms. The number of carbonyl (C=O) groups excluding carboxylic acids is 1. The van der Waals surface area contributed by atoms with Crippen LogP contribution in [0.5, 0.6) is 5.75 Å². The number of ether oxygens (including phenoxy) is 1. The van der Waals surface area contributed by atoms with Gasteiger partial charge in [0.05, 0.1) is 18.8 Å². The van der Waals surface area contributed by atoms with Crippen molar-refractivity contribution in [1.82, 2.24) is 20.0 Å². The number of hydrogen-bond donors (Lipinski definition) is 1. The van der Waals surface area contributed by atoms with Gasteiger partial charge in [0, 0.05) is 38.8 Å². The van der Waals surface area contributed by atoms with Crippen molar-refractivity contribution in [3.05, 3.63) is 47.8 Å². The quantitative estimate of drug-likeness (QED) is 0.909. The Kier molecular flexibility index (Phi) is 5.15. The number of nitrogens with one attached hydrogen (secondary N) is 1. The molecule has 1 aromatic carbocycles. The van der Waals surface area contributed by atoms with Crippen LogP contribution in [0, 0.1) is 6.92 Å². The molecule has 0 radical (unpaired) electrons. The van der Waals surface area contributed by atoms with Gasteiger partial charge in [-0.25, -0.2) is 0 Å². The van der Waals surface area contributed by atoms with Gasteiger partial charge < -0.3 is 15.0 Å². The van der Waals surface area contributed by atoms with Gasteiger partial charge >= 0.3 is 0 Å². The zero-order valence-electron chi connectivity index (χ0n) is 14.2. The number of benzene rings is 1. The zero-order chi connectivity index (χ0) is 16.9. The molecule has 3 rings (SSSR count). The van der Waals surface area contributed by atoms with E-state index in [0.29, 0.717) is 13.0 Å². The highest BCUT2D eigenvalue weighted by atomic mass is 16.5. The summed E-state index contributed by atoms with van der Waals surface area (Å²) in [5.74, 6) is 1.000. The van der Waals surface area contributed by atoms with Gasteiger partial charge in [0.15, 0.2) is 0 Å². The molecule has 2 aromatic rings. The monoisotopic (exact) mass is 328 g/mol. The largest absolute Gasteiger partial charge is 0.497 e. The molecule has 6 nitrogen and oxygen atoms in total. The number of carbonyl (C=O) groups is 1. The van der Waals surface area contributed by atoms with Gasteiger partial charge in [-0.2, -0.15) is 5.10 Å². The number of aryl methyl sites for hydroxylation is 2. The molecule has 1 aromatic heterocycles. The molecule has 1 fully saturated rings. The van der Waals surface area contributed by atoms with Crippen LogP contribution in [0.4, 0.5) is 0 Å². The van der Waals surface area contributed by atoms with Crippen molar-refractivity contribution in [1.29, 1.82) is 0 Å². The van der Waals surface area contributed by atoms with E-state index in [4.69, 9.17) is 4.74 Å². The number of nitrogens with zero attached hydrogens (tertiary/aromatic N) is 3. The normalized spacial score (nSPS) is 17.8. The molecule has 1 amide bonds. The minimum absolute atomic E-state index is 0.0662. The molecule has 24 heavy (non-hydrogen) atoms. The molecule has 6 heteroatoms. The zero-order valence-corrected chi connectivity index (χ0v) is 14.2. The Labute approximate surface area is 142 Å². The molecule has 2 heterocycles. The first-order chi connectivity index (χ1) is 11.7. The standard InChI is InChI=1S/C18H24N4O2/c1-14-7-10-21(20-14)11-8-18(23)22-12-9-19-13-17(22)15-3-5-16(24-2)6-4-15/h3-7,10,17,19H,8-9,11-13H2,1-2H3. The third kappa shape index (κ3) is 3.76. The Bertz CT molecular complexity index is 681. The van der Waals surface area contributed by atoms with Gasteiger partial charge in [-0.05, 0) is 30.7 Å². The molecule has 0 bridgehead atoms. The highest BCUT2D eigenvalue weighted by molar-refractivity contribution is 5.76. The maximum atomic E-state index is 12.7. The van der Waals surface area contributed by atoms with Crippen molar-refractivity contribution >= 4 is 5.91 Å². The number of aromatic nitrogens is 2. The second kappa shape index (κ2) is 7.49. The highest BCUT2D eigenvalue weighted by Crippen LogP contribution is 2.25. The number of piperazine rings is 1. The van der Waals surface area contributed by atoms with Crippen molar-refractivity contribution < 1.29 is 9.53 Å². The van der Waals surface area contributed by atoms with Gasteiger partial charge in [0.25, 0.3) is 0 Å². The summed E-state index contributed by atoms with van der Waals surface area (Å²) in [7, 11) is 1.66. The van der Waals surface area contributed by atoms with E-state index in [0.717, 1.165) is 36.6 Å². The fourth-order valence-electron chi connectivity index (χ4n) is 3.07. The Morgan fingerprint density at radius 2 is 2.12 bits per heavy atom. The molecule has 1 aliphatic heterocycles. The third-order valence-corrected chi connectivity index (χ3v) is 4.39. The molecular formula is C18H24N4O2. The number of rotatable bonds is 5. The number of hydrogen-bond acceptors (Lipinski definition) is 4. The molecule has 1 atom stereocenters. The van der Waals surface area contributed by atoms with E-state index in [9.17, 15) is 4.79 Å². The summed E-state index contributed by atoms with van der Waals surface area (Å²) in [6.07, 6.45) is 2.38. The fraction of sp³-hybridized carbons (Fsp3) is 0.444. The predicted octanol–water partition coefficient (Wildman–Crippen LogP) is 1.76. The summed E-state index contributed by atoms with van der Waals surface area (Å²) in [5, 5.41) is 7.72. The summed E-state index contributed by atoms with van der Waals surface area (Å²) in [4.78, 5) is 14.7. The minimum atomic E-state index is 0.0662. The lowest BCUT2D eigenvalue weighted by Crippen LogP contribution is -2.48. The Morgan fingerprint density at radius 1 is 1.33 bits per heavy atom. The second-order valence-electron chi connectivity index (χ2n) is 6.05. The molecular weight excluding hydrogens is 304 g/mol. The van der Waals surface area contributed by atoms with Gasteiger partial charge in [-0.15, -0.1) is 0 Å². The van der Waals surface area contributed by atoms with Crippen molar-refractivity contribution in [2.45, 2.75) is 25.9 Å². The summed E-state index contributed by atoms with van der Waals surface area (Å²) in [5.41, 5.74) is 2.10. The molecule has 128 valence electrons. The van der Waals surface area contributed by atoms with E-state index in [-0.39, 0.29) is 11.9 Å². The summed E-state index contributed by atoms with van der Waals surface area (Å²) < 4.78 is 7.05. The summed E-state index contributed by atoms with van der Waals surface area (Å²) >= 11 is 0. The maximum Gasteiger partial charge on any atom is 0.225 e. The average molecular weight is 328 g/mol. The van der Waals surface area contributed by atoms with E-state index in [2.05, 4.69) is 10.4 Å². The van der Waals surface area contributed by atoms with Crippen LogP contribution in [0.2, 0.25) is 0 Å². The second-order valence-corrected chi connectivity index (χ2v) is 6.05. The Morgan fingerprint density at radius 3 is 2.79 bits per heavy atom. The smallest absolute Gasteiger partial charge is 0.225 e. The van der Waals surface area contributed by atoms with Gasteiger partial charge in [-0.1, -0.05) is 12.1 Å². The topological polar surface area (TPSA) is 59.4 Å². The van der Waals surface area contributed by atoms with Crippen LogP contribution in [0.15, 0.2) is 36.5 Å². The van der Waals surface area contributed by atoms with Crippen LogP contribution in [0.3, 0.4) is 0 Å². The van der Waals surface area contributed by atoms with Crippen LogP contribution in [-0.2, 0) is 11.3 Å². The maximum absolute atomic E-state index is 12.7. The van der Waals surface area contributed by atoms with Gasteiger partial charge in [-0.3, -0.25) is 9.48 Å². The fourth-order valence-corrected chi connectivity index (χ4v) is 3.07. The lowest BCUT2D eigenvalue weighted by Gasteiger charge is -2.36. The first-order valence-corrected chi connectivity index (χ1v) is 8.31. The SMILES string of the molecule is COc1ccc(C2CNCCN2C(=O)CCn2ccc(C)n2)cc1. The molecule has 1 unspecified atom stereocenters. The van der Waals surface area contributed by atoms with Crippen molar-refractivity contribution in [2.24, 2.45) is 0 Å². The van der Waals surface area contributed by atoms with E-state index in [1.165, 1.54) is 0 Å². The lowest BCUT2D eigenvalue weighted by atomic mass is 10.0. The van der Waals surface area contributed by atoms with E-state index in [1.807, 2.05) is 53.0 Å². The molecule has 0 saturated carbocycles. The molecule has 1 saturated heterocycles. The van der Waals surface area contributed by atoms with Crippen molar-refractivity contribution in [2.75, 3.05) is 26.7 Å². The van der Waals surface area contributed by atoms with Crippen LogP contribution >= 0.6 is 0 Å². The van der Waals surface area contributed by atoms with Crippen LogP contribution in [-0.4, -0.2) is 47.3 Å². The third-order valence-electron chi connectivity index (χ3n) is 4.39. The Balaban J connectivity index is 1.67. The van der Waals surface area contributed by atoms with Crippen LogP contribution in [0.1, 0.15) is 23.7 Å². The van der Waals surface area contributed by atoms with E-state index >= 15 is 0 Å². The first kappa shape index (κ1) is 16.5. The van der Waals surface area contributed by atoms with Crippen LogP contribution in [0.25, 0.3) is 0 Å². The molecule has 1 N–H and O–H groups in total. The predicted molar refractivity (Wildman–Crippen MR) is 91.9 cm³/mol. The van der Waals surface area contributed by atoms with E-state index in [1.54, 1.807) is 7.11 Å². The molecule has 0 aliphatic carbocycles. The van der Waals surface area contributed by atoms with Gasteiger partial charge in [0.2, 0.25) is 5.91 Å². The summed E-state index contributed by atoms with van der Waals surface area (Å²) in [6.45, 7) is 4.91. The first-order valence-electron chi connectivity index (χ1n) is 8.31. The van der Waals surface area contributed by atoms with Crippen molar-refractivity contribution in [3.63, 3.8) is 0 Å². The number of methoxy groups -OCH3 is 1. The van der Waals surface area contributed by atoms with Gasteiger partial charge in [0.1, 0.15) is 5.75 Å². The minimum Gasteiger partial charge on any atom is -0.497 e. The van der Waals surface area contributed by atoms with Crippen molar-refractivity contribution in [3.8, 4) is 5.75 Å². The highest BCUT2D eigenvalue weighted by Gasteiger charge is 2.27. The lowest BCUT2D eigenvalue weighted by molar-refractivity contribution is -0.134. The average Bonchev–Trinajstić information content (AvgIpc) is 3.05. The van der Waals surface area contributed by atoms with E-state index < -0.39 is 0 Å². The Hall–Kier alpha value is -2.34.